The SMILES string of the molecule is CCC(C(=O)OC1CCCCC1)n1ccc2cc(F)ccc21. The minimum atomic E-state index is -0.343. The molecule has 2 aromatic rings. The third-order valence-electron chi connectivity index (χ3n) is 4.51. The zero-order valence-corrected chi connectivity index (χ0v) is 12.9. The van der Waals surface area contributed by atoms with Gasteiger partial charge in [-0.25, -0.2) is 9.18 Å². The number of esters is 1. The van der Waals surface area contributed by atoms with Gasteiger partial charge in [-0.05, 0) is 56.4 Å². The number of fused-ring (bicyclic) bond motifs is 1. The zero-order chi connectivity index (χ0) is 15.5. The topological polar surface area (TPSA) is 31.2 Å². The van der Waals surface area contributed by atoms with Gasteiger partial charge in [0.15, 0.2) is 0 Å². The number of benzene rings is 1. The molecule has 1 aliphatic carbocycles. The Hall–Kier alpha value is -1.84. The smallest absolute Gasteiger partial charge is 0.329 e. The van der Waals surface area contributed by atoms with Crippen LogP contribution in [0.5, 0.6) is 0 Å². The molecule has 0 bridgehead atoms. The van der Waals surface area contributed by atoms with E-state index in [1.54, 1.807) is 6.07 Å². The summed E-state index contributed by atoms with van der Waals surface area (Å²) in [5, 5.41) is 0.809. The van der Waals surface area contributed by atoms with Crippen LogP contribution in [0.3, 0.4) is 0 Å². The lowest BCUT2D eigenvalue weighted by Crippen LogP contribution is -2.27. The van der Waals surface area contributed by atoms with Crippen molar-refractivity contribution in [3.8, 4) is 0 Å². The van der Waals surface area contributed by atoms with Gasteiger partial charge in [-0.2, -0.15) is 0 Å². The first-order valence-electron chi connectivity index (χ1n) is 8.15. The Morgan fingerprint density at radius 3 is 2.82 bits per heavy atom. The lowest BCUT2D eigenvalue weighted by atomic mass is 9.98. The van der Waals surface area contributed by atoms with Gasteiger partial charge in [-0.15, -0.1) is 0 Å². The van der Waals surface area contributed by atoms with E-state index in [9.17, 15) is 9.18 Å². The number of hydrogen-bond donors (Lipinski definition) is 0. The standard InChI is InChI=1S/C18H22FNO2/c1-2-16(18(21)22-15-6-4-3-5-7-15)20-11-10-13-12-14(19)8-9-17(13)20/h8-12,15-16H,2-7H2,1H3. The van der Waals surface area contributed by atoms with Crippen molar-refractivity contribution in [3.05, 3.63) is 36.3 Å². The Kier molecular flexibility index (Phi) is 4.46. The van der Waals surface area contributed by atoms with Gasteiger partial charge in [-0.3, -0.25) is 0 Å². The maximum atomic E-state index is 13.3. The van der Waals surface area contributed by atoms with Gasteiger partial charge in [0.2, 0.25) is 0 Å². The van der Waals surface area contributed by atoms with Gasteiger partial charge in [0.05, 0.1) is 0 Å². The van der Waals surface area contributed by atoms with Crippen LogP contribution in [-0.4, -0.2) is 16.6 Å². The second kappa shape index (κ2) is 6.51. The van der Waals surface area contributed by atoms with Gasteiger partial charge in [0.1, 0.15) is 18.0 Å². The molecule has 1 aromatic carbocycles. The number of halogens is 1. The molecule has 1 unspecified atom stereocenters. The molecule has 0 aliphatic heterocycles. The summed E-state index contributed by atoms with van der Waals surface area (Å²) in [7, 11) is 0. The van der Waals surface area contributed by atoms with Crippen LogP contribution in [0.25, 0.3) is 10.9 Å². The number of rotatable bonds is 4. The van der Waals surface area contributed by atoms with Crippen LogP contribution < -0.4 is 0 Å². The summed E-state index contributed by atoms with van der Waals surface area (Å²) in [6.45, 7) is 1.97. The minimum absolute atomic E-state index is 0.0644. The molecule has 3 rings (SSSR count). The molecule has 118 valence electrons. The van der Waals surface area contributed by atoms with Crippen LogP contribution in [0.2, 0.25) is 0 Å². The normalized spacial score (nSPS) is 17.5. The molecule has 22 heavy (non-hydrogen) atoms. The quantitative estimate of drug-likeness (QED) is 0.772. The molecule has 3 nitrogen and oxygen atoms in total. The minimum Gasteiger partial charge on any atom is -0.461 e. The fourth-order valence-corrected chi connectivity index (χ4v) is 3.31. The number of aromatic nitrogens is 1. The number of nitrogens with zero attached hydrogens (tertiary/aromatic N) is 1. The summed E-state index contributed by atoms with van der Waals surface area (Å²) in [6, 6.07) is 6.14. The van der Waals surface area contributed by atoms with Crippen molar-refractivity contribution < 1.29 is 13.9 Å². The molecule has 1 atom stereocenters. The van der Waals surface area contributed by atoms with Gasteiger partial charge in [0, 0.05) is 17.1 Å². The number of carbonyl (C=O) groups is 1. The average molecular weight is 303 g/mol. The van der Waals surface area contributed by atoms with E-state index in [2.05, 4.69) is 0 Å². The highest BCUT2D eigenvalue weighted by Gasteiger charge is 2.25. The fourth-order valence-electron chi connectivity index (χ4n) is 3.31. The summed E-state index contributed by atoms with van der Waals surface area (Å²) in [4.78, 5) is 12.5. The number of carbonyl (C=O) groups excluding carboxylic acids is 1. The monoisotopic (exact) mass is 303 g/mol. The van der Waals surface area contributed by atoms with Crippen LogP contribution in [0.1, 0.15) is 51.5 Å². The Balaban J connectivity index is 1.81. The molecule has 1 saturated carbocycles. The largest absolute Gasteiger partial charge is 0.461 e. The van der Waals surface area contributed by atoms with Crippen molar-refractivity contribution in [2.45, 2.75) is 57.6 Å². The Labute approximate surface area is 130 Å². The van der Waals surface area contributed by atoms with Crippen molar-refractivity contribution in [2.75, 3.05) is 0 Å². The highest BCUT2D eigenvalue weighted by Crippen LogP contribution is 2.26. The predicted molar refractivity (Wildman–Crippen MR) is 84.2 cm³/mol. The lowest BCUT2D eigenvalue weighted by molar-refractivity contribution is -0.154. The molecule has 0 spiro atoms. The molecule has 0 saturated heterocycles. The maximum Gasteiger partial charge on any atom is 0.329 e. The highest BCUT2D eigenvalue weighted by molar-refractivity contribution is 5.83. The number of hydrogen-bond acceptors (Lipinski definition) is 2. The average Bonchev–Trinajstić information content (AvgIpc) is 2.92. The highest BCUT2D eigenvalue weighted by atomic mass is 19.1. The lowest BCUT2D eigenvalue weighted by Gasteiger charge is -2.25. The van der Waals surface area contributed by atoms with Gasteiger partial charge >= 0.3 is 5.97 Å². The Bertz CT molecular complexity index is 658. The summed E-state index contributed by atoms with van der Waals surface area (Å²) < 4.78 is 20.9. The molecule has 1 aromatic heterocycles. The van der Waals surface area contributed by atoms with Crippen molar-refractivity contribution >= 4 is 16.9 Å². The molecule has 1 aliphatic rings. The van der Waals surface area contributed by atoms with Gasteiger partial charge < -0.3 is 9.30 Å². The van der Waals surface area contributed by atoms with Crippen molar-refractivity contribution in [3.63, 3.8) is 0 Å². The third-order valence-corrected chi connectivity index (χ3v) is 4.51. The summed E-state index contributed by atoms with van der Waals surface area (Å²) in [5.74, 6) is -0.431. The number of ether oxygens (including phenoxy) is 1. The Morgan fingerprint density at radius 2 is 2.09 bits per heavy atom. The van der Waals surface area contributed by atoms with E-state index in [4.69, 9.17) is 4.74 Å². The first kappa shape index (κ1) is 15.1. The first-order chi connectivity index (χ1) is 10.7. The summed E-state index contributed by atoms with van der Waals surface area (Å²) in [6.07, 6.45) is 8.03. The van der Waals surface area contributed by atoms with E-state index in [0.717, 1.165) is 36.6 Å². The molecule has 0 amide bonds. The van der Waals surface area contributed by atoms with Gasteiger partial charge in [-0.1, -0.05) is 13.3 Å². The van der Waals surface area contributed by atoms with Gasteiger partial charge in [0.25, 0.3) is 0 Å². The van der Waals surface area contributed by atoms with E-state index in [1.807, 2.05) is 23.8 Å². The van der Waals surface area contributed by atoms with Crippen LogP contribution in [0, 0.1) is 5.82 Å². The molecular weight excluding hydrogens is 281 g/mol. The maximum absolute atomic E-state index is 13.3. The molecule has 1 fully saturated rings. The van der Waals surface area contributed by atoms with E-state index in [-0.39, 0.29) is 23.9 Å². The van der Waals surface area contributed by atoms with E-state index < -0.39 is 0 Å². The molecule has 4 heteroatoms. The molecule has 0 N–H and O–H groups in total. The summed E-state index contributed by atoms with van der Waals surface area (Å²) >= 11 is 0. The van der Waals surface area contributed by atoms with Crippen LogP contribution in [0.15, 0.2) is 30.5 Å². The van der Waals surface area contributed by atoms with Crippen molar-refractivity contribution in [2.24, 2.45) is 0 Å². The molecule has 0 radical (unpaired) electrons. The van der Waals surface area contributed by atoms with Crippen LogP contribution in [0.4, 0.5) is 4.39 Å². The van der Waals surface area contributed by atoms with E-state index >= 15 is 0 Å². The fraction of sp³-hybridized carbons (Fsp3) is 0.500. The molecule has 1 heterocycles. The molecular formula is C18H22FNO2. The van der Waals surface area contributed by atoms with E-state index in [0.29, 0.717) is 6.42 Å². The second-order valence-corrected chi connectivity index (χ2v) is 6.05. The second-order valence-electron chi connectivity index (χ2n) is 6.05. The van der Waals surface area contributed by atoms with E-state index in [1.165, 1.54) is 18.6 Å². The van der Waals surface area contributed by atoms with Crippen LogP contribution >= 0.6 is 0 Å². The zero-order valence-electron chi connectivity index (χ0n) is 12.9. The third kappa shape index (κ3) is 3.01. The first-order valence-corrected chi connectivity index (χ1v) is 8.15. The van der Waals surface area contributed by atoms with Crippen molar-refractivity contribution in [1.29, 1.82) is 0 Å². The summed E-state index contributed by atoms with van der Waals surface area (Å²) in [5.41, 5.74) is 0.869. The van der Waals surface area contributed by atoms with Crippen molar-refractivity contribution in [1.82, 2.24) is 4.57 Å². The Morgan fingerprint density at radius 1 is 1.32 bits per heavy atom. The predicted octanol–water partition coefficient (Wildman–Crippen LogP) is 4.61. The van der Waals surface area contributed by atoms with Crippen LogP contribution in [-0.2, 0) is 9.53 Å².